The largest absolute Gasteiger partial charge is 0.338 e. The molecule has 0 saturated carbocycles. The average molecular weight is 547 g/mol. The van der Waals surface area contributed by atoms with Crippen LogP contribution in [0.1, 0.15) is 51.9 Å². The number of hydrogen-bond donors (Lipinski definition) is 1. The van der Waals surface area contributed by atoms with E-state index >= 15 is 8.78 Å². The van der Waals surface area contributed by atoms with Crippen LogP contribution in [-0.4, -0.2) is 48.3 Å². The number of nitriles is 1. The van der Waals surface area contributed by atoms with Crippen LogP contribution in [0.5, 0.6) is 0 Å². The van der Waals surface area contributed by atoms with Gasteiger partial charge in [0.05, 0.1) is 23.1 Å². The zero-order valence-electron chi connectivity index (χ0n) is 19.8. The molecule has 2 aromatic carbocycles. The lowest BCUT2D eigenvalue weighted by Crippen LogP contribution is -2.54. The topological polar surface area (TPSA) is 94.8 Å². The van der Waals surface area contributed by atoms with Crippen LogP contribution in [0.4, 0.5) is 8.78 Å². The van der Waals surface area contributed by atoms with Crippen molar-refractivity contribution in [3.05, 3.63) is 68.2 Å². The van der Waals surface area contributed by atoms with Gasteiger partial charge in [0.1, 0.15) is 12.6 Å². The Bertz CT molecular complexity index is 1390. The second kappa shape index (κ2) is 9.35. The molecule has 2 atom stereocenters. The molecule has 1 aliphatic carbocycles. The summed E-state index contributed by atoms with van der Waals surface area (Å²) in [4.78, 5) is 35.1. The van der Waals surface area contributed by atoms with Gasteiger partial charge in [-0.1, -0.05) is 29.3 Å². The number of aryl methyl sites for hydroxylation is 1. The number of carbonyl (C=O) groups excluding carboxylic acids is 2. The minimum Gasteiger partial charge on any atom is -0.338 e. The highest BCUT2D eigenvalue weighted by molar-refractivity contribution is 6.35. The van der Waals surface area contributed by atoms with Gasteiger partial charge in [-0.05, 0) is 54.3 Å². The molecule has 5 rings (SSSR count). The average Bonchev–Trinajstić information content (AvgIpc) is 3.45. The summed E-state index contributed by atoms with van der Waals surface area (Å²) in [7, 11) is 0. The zero-order valence-corrected chi connectivity index (χ0v) is 21.3. The molecule has 192 valence electrons. The molecule has 7 nitrogen and oxygen atoms in total. The van der Waals surface area contributed by atoms with Crippen LogP contribution in [0.2, 0.25) is 10.0 Å². The molecule has 1 N–H and O–H groups in total. The predicted molar refractivity (Wildman–Crippen MR) is 133 cm³/mol. The van der Waals surface area contributed by atoms with Gasteiger partial charge in [-0.15, -0.1) is 0 Å². The molecule has 2 aliphatic heterocycles. The lowest BCUT2D eigenvalue weighted by atomic mass is 9.59. The molecule has 3 aliphatic rings. The number of nitrogens with zero attached hydrogens (tertiary/aromatic N) is 3. The molecule has 1 saturated heterocycles. The molecule has 37 heavy (non-hydrogen) atoms. The minimum atomic E-state index is -3.14. The first-order chi connectivity index (χ1) is 17.6. The Morgan fingerprint density at radius 3 is 2.84 bits per heavy atom. The number of hydrogen-bond acceptors (Lipinski definition) is 5. The quantitative estimate of drug-likeness (QED) is 0.530. The van der Waals surface area contributed by atoms with Crippen LogP contribution < -0.4 is 5.32 Å². The number of rotatable bonds is 6. The van der Waals surface area contributed by atoms with Crippen molar-refractivity contribution in [3.63, 3.8) is 0 Å². The fourth-order valence-electron chi connectivity index (χ4n) is 5.22. The van der Waals surface area contributed by atoms with Gasteiger partial charge >= 0.3 is 0 Å². The summed E-state index contributed by atoms with van der Waals surface area (Å²) in [5.41, 5.74) is 0.876. The van der Waals surface area contributed by atoms with Crippen LogP contribution in [0.15, 0.2) is 35.3 Å². The zero-order chi connectivity index (χ0) is 26.5. The summed E-state index contributed by atoms with van der Waals surface area (Å²) in [5, 5.41) is 12.7. The number of halogens is 4. The van der Waals surface area contributed by atoms with Crippen molar-refractivity contribution in [1.29, 1.82) is 5.26 Å². The van der Waals surface area contributed by atoms with Crippen LogP contribution in [0.3, 0.4) is 0 Å². The maximum Gasteiger partial charge on any atom is 0.286 e. The molecule has 2 amide bonds. The summed E-state index contributed by atoms with van der Waals surface area (Å²) in [5.74, 6) is -3.95. The normalized spacial score (nSPS) is 23.5. The third kappa shape index (κ3) is 4.08. The summed E-state index contributed by atoms with van der Waals surface area (Å²) in [6.07, 6.45) is 0.796. The molecule has 0 bridgehead atoms. The molecular formula is C26H22Cl2F2N4O3. The van der Waals surface area contributed by atoms with E-state index in [1.54, 1.807) is 25.1 Å². The van der Waals surface area contributed by atoms with Crippen molar-refractivity contribution in [3.8, 4) is 6.07 Å². The number of benzene rings is 2. The highest BCUT2D eigenvalue weighted by Crippen LogP contribution is 2.64. The Labute approximate surface area is 222 Å². The van der Waals surface area contributed by atoms with E-state index in [9.17, 15) is 9.59 Å². The van der Waals surface area contributed by atoms with Crippen molar-refractivity contribution in [2.24, 2.45) is 4.99 Å². The highest BCUT2D eigenvalue weighted by atomic mass is 35.5. The van der Waals surface area contributed by atoms with Crippen molar-refractivity contribution in [2.75, 3.05) is 19.7 Å². The van der Waals surface area contributed by atoms with Gasteiger partial charge in [0.2, 0.25) is 0 Å². The van der Waals surface area contributed by atoms with Gasteiger partial charge in [-0.3, -0.25) is 19.4 Å². The second-order valence-electron chi connectivity index (χ2n) is 9.46. The molecule has 2 aromatic rings. The Balaban J connectivity index is 1.28. The summed E-state index contributed by atoms with van der Waals surface area (Å²) >= 11 is 12.2. The first kappa shape index (κ1) is 25.6. The van der Waals surface area contributed by atoms with Gasteiger partial charge in [-0.25, -0.2) is 13.8 Å². The van der Waals surface area contributed by atoms with Gasteiger partial charge in [0.15, 0.2) is 0 Å². The van der Waals surface area contributed by atoms with Crippen molar-refractivity contribution < 1.29 is 23.2 Å². The number of aliphatic imine (C=N–C) groups is 1. The number of hydroxylamine groups is 2. The molecule has 0 radical (unpaired) electrons. The number of nitrogens with one attached hydrogen (secondary N) is 1. The fourth-order valence-corrected chi connectivity index (χ4v) is 5.83. The van der Waals surface area contributed by atoms with Crippen molar-refractivity contribution >= 4 is 40.7 Å². The maximum atomic E-state index is 15.3. The molecule has 2 heterocycles. The summed E-state index contributed by atoms with van der Waals surface area (Å²) in [6.45, 7) is 1.93. The predicted octanol–water partition coefficient (Wildman–Crippen LogP) is 4.71. The third-order valence-electron chi connectivity index (χ3n) is 7.19. The SMILES string of the molecule is Cc1cc(C2=NCC3(C2)c2cc(Cl)cc(Cl)c2C3(F)F)ccc1C(=O)N[C@@H]1CON(CCCC#N)C1=O. The summed E-state index contributed by atoms with van der Waals surface area (Å²) in [6, 6.07) is 9.04. The van der Waals surface area contributed by atoms with Crippen LogP contribution >= 0.6 is 23.2 Å². The molecular weight excluding hydrogens is 525 g/mol. The molecule has 1 fully saturated rings. The van der Waals surface area contributed by atoms with E-state index in [2.05, 4.69) is 10.3 Å². The second-order valence-corrected chi connectivity index (χ2v) is 10.3. The number of carbonyl (C=O) groups is 2. The maximum absolute atomic E-state index is 15.3. The monoisotopic (exact) mass is 546 g/mol. The Morgan fingerprint density at radius 1 is 1.32 bits per heavy atom. The number of unbranched alkanes of at least 4 members (excludes halogenated alkanes) is 1. The fraction of sp³-hybridized carbons (Fsp3) is 0.385. The lowest BCUT2D eigenvalue weighted by Gasteiger charge is -2.48. The van der Waals surface area contributed by atoms with Gasteiger partial charge in [-0.2, -0.15) is 5.26 Å². The van der Waals surface area contributed by atoms with E-state index in [-0.39, 0.29) is 42.6 Å². The minimum absolute atomic E-state index is 0.0108. The smallest absolute Gasteiger partial charge is 0.286 e. The van der Waals surface area contributed by atoms with Crippen molar-refractivity contribution in [2.45, 2.75) is 43.6 Å². The van der Waals surface area contributed by atoms with Crippen LogP contribution in [-0.2, 0) is 21.0 Å². The number of alkyl halides is 2. The third-order valence-corrected chi connectivity index (χ3v) is 7.71. The van der Waals surface area contributed by atoms with Crippen LogP contribution in [0.25, 0.3) is 0 Å². The summed E-state index contributed by atoms with van der Waals surface area (Å²) < 4.78 is 30.5. The first-order valence-electron chi connectivity index (χ1n) is 11.7. The van der Waals surface area contributed by atoms with E-state index in [0.717, 1.165) is 0 Å². The van der Waals surface area contributed by atoms with E-state index in [1.807, 2.05) is 6.07 Å². The molecule has 1 unspecified atom stereocenters. The molecule has 0 aromatic heterocycles. The number of fused-ring (bicyclic) bond motifs is 2. The van der Waals surface area contributed by atoms with Gasteiger partial charge < -0.3 is 5.32 Å². The van der Waals surface area contributed by atoms with Gasteiger partial charge in [0, 0.05) is 41.2 Å². The van der Waals surface area contributed by atoms with E-state index in [1.165, 1.54) is 17.2 Å². The Hall–Kier alpha value is -3.06. The number of amides is 2. The van der Waals surface area contributed by atoms with E-state index in [0.29, 0.717) is 45.8 Å². The standard InChI is InChI=1S/C26H22Cl2F2N4O3/c1-14-8-15(4-5-17(14)23(35)33-21-12-37-34(24(21)36)7-3-2-6-31)20-11-25(13-32-20)18-9-16(27)10-19(28)22(18)26(25,29)30/h4-5,8-10,21H,2-3,7,11-13H2,1H3,(H,33,35)/t21-,25?/m1/s1. The van der Waals surface area contributed by atoms with E-state index < -0.39 is 23.3 Å². The van der Waals surface area contributed by atoms with E-state index in [4.69, 9.17) is 33.3 Å². The first-order valence-corrected chi connectivity index (χ1v) is 12.5. The Morgan fingerprint density at radius 2 is 2.11 bits per heavy atom. The van der Waals surface area contributed by atoms with Gasteiger partial charge in [0.25, 0.3) is 17.7 Å². The van der Waals surface area contributed by atoms with Crippen LogP contribution in [0, 0.1) is 18.3 Å². The van der Waals surface area contributed by atoms with Crippen molar-refractivity contribution in [1.82, 2.24) is 10.4 Å². The molecule has 1 spiro atoms. The Kier molecular flexibility index (Phi) is 6.47. The highest BCUT2D eigenvalue weighted by Gasteiger charge is 2.68. The lowest BCUT2D eigenvalue weighted by molar-refractivity contribution is -0.161. The molecule has 11 heteroatoms.